The molecule has 0 bridgehead atoms. The first-order chi connectivity index (χ1) is 17.4. The predicted molar refractivity (Wildman–Crippen MR) is 134 cm³/mol. The molecule has 0 heterocycles. The van der Waals surface area contributed by atoms with Crippen LogP contribution < -0.4 is 10.1 Å². The van der Waals surface area contributed by atoms with Crippen LogP contribution in [0.1, 0.15) is 28.4 Å². The first kappa shape index (κ1) is 24.2. The van der Waals surface area contributed by atoms with Crippen LogP contribution in [0.2, 0.25) is 0 Å². The van der Waals surface area contributed by atoms with Crippen LogP contribution in [0.4, 0.5) is 5.69 Å². The molecule has 0 saturated carbocycles. The Kier molecular flexibility index (Phi) is 7.36. The van der Waals surface area contributed by atoms with Gasteiger partial charge in [-0.1, -0.05) is 54.6 Å². The Hall–Kier alpha value is -4.98. The van der Waals surface area contributed by atoms with Gasteiger partial charge < -0.3 is 15.2 Å². The number of non-ortho nitro benzene ring substituents is 1. The van der Waals surface area contributed by atoms with E-state index in [0.29, 0.717) is 22.6 Å². The smallest absolute Gasteiger partial charge is 0.305 e. The lowest BCUT2D eigenvalue weighted by atomic mass is 9.99. The zero-order valence-electron chi connectivity index (χ0n) is 19.0. The monoisotopic (exact) mass is 482 g/mol. The number of ether oxygens (including phenoxy) is 1. The first-order valence-corrected chi connectivity index (χ1v) is 11.1. The summed E-state index contributed by atoms with van der Waals surface area (Å²) in [7, 11) is 0. The number of hydrogen-bond donors (Lipinski definition) is 2. The molecule has 4 aromatic rings. The molecule has 0 fully saturated rings. The minimum atomic E-state index is -1.03. The SMILES string of the molecule is O=C(O)CC(NC(=O)c1ccc(Oc2ccc([N+](=O)[O-])cc2)cc1)c1ccc(-c2ccccc2)cc1. The van der Waals surface area contributed by atoms with Gasteiger partial charge in [-0.25, -0.2) is 0 Å². The molecule has 1 unspecified atom stereocenters. The number of nitro benzene ring substituents is 1. The van der Waals surface area contributed by atoms with Crippen LogP contribution in [0, 0.1) is 10.1 Å². The summed E-state index contributed by atoms with van der Waals surface area (Å²) in [5.41, 5.74) is 3.01. The molecular weight excluding hydrogens is 460 g/mol. The number of carboxylic acids is 1. The van der Waals surface area contributed by atoms with Crippen molar-refractivity contribution in [2.24, 2.45) is 0 Å². The molecule has 1 atom stereocenters. The molecule has 8 nitrogen and oxygen atoms in total. The average molecular weight is 482 g/mol. The second-order valence-corrected chi connectivity index (χ2v) is 7.99. The Labute approximate surface area is 206 Å². The van der Waals surface area contributed by atoms with Crippen molar-refractivity contribution in [3.05, 3.63) is 124 Å². The van der Waals surface area contributed by atoms with Gasteiger partial charge in [0, 0.05) is 17.7 Å². The lowest BCUT2D eigenvalue weighted by molar-refractivity contribution is -0.384. The van der Waals surface area contributed by atoms with Gasteiger partial charge in [-0.15, -0.1) is 0 Å². The molecule has 0 radical (unpaired) electrons. The van der Waals surface area contributed by atoms with E-state index < -0.39 is 22.8 Å². The summed E-state index contributed by atoms with van der Waals surface area (Å²) >= 11 is 0. The summed E-state index contributed by atoms with van der Waals surface area (Å²) in [5, 5.41) is 22.9. The molecule has 0 aliphatic carbocycles. The number of nitro groups is 1. The van der Waals surface area contributed by atoms with Crippen molar-refractivity contribution in [2.75, 3.05) is 0 Å². The molecule has 1 amide bonds. The van der Waals surface area contributed by atoms with Gasteiger partial charge in [-0.05, 0) is 53.1 Å². The van der Waals surface area contributed by atoms with Crippen molar-refractivity contribution >= 4 is 17.6 Å². The summed E-state index contributed by atoms with van der Waals surface area (Å²) in [4.78, 5) is 34.6. The third-order valence-corrected chi connectivity index (χ3v) is 5.50. The van der Waals surface area contributed by atoms with Crippen LogP contribution in [-0.2, 0) is 4.79 Å². The highest BCUT2D eigenvalue weighted by Crippen LogP contribution is 2.26. The van der Waals surface area contributed by atoms with Gasteiger partial charge in [0.15, 0.2) is 0 Å². The molecule has 0 saturated heterocycles. The molecule has 36 heavy (non-hydrogen) atoms. The average Bonchev–Trinajstić information content (AvgIpc) is 2.89. The lowest BCUT2D eigenvalue weighted by Gasteiger charge is -2.18. The van der Waals surface area contributed by atoms with E-state index >= 15 is 0 Å². The predicted octanol–water partition coefficient (Wildman–Crippen LogP) is 6.00. The summed E-state index contributed by atoms with van der Waals surface area (Å²) < 4.78 is 5.67. The molecule has 4 rings (SSSR count). The Bertz CT molecular complexity index is 1350. The number of carboxylic acid groups (broad SMARTS) is 1. The highest BCUT2D eigenvalue weighted by molar-refractivity contribution is 5.94. The van der Waals surface area contributed by atoms with Crippen LogP contribution in [-0.4, -0.2) is 21.9 Å². The maximum atomic E-state index is 12.9. The summed E-state index contributed by atoms with van der Waals surface area (Å²) in [5.74, 6) is -0.591. The van der Waals surface area contributed by atoms with E-state index in [4.69, 9.17) is 4.74 Å². The van der Waals surface area contributed by atoms with Crippen molar-refractivity contribution in [2.45, 2.75) is 12.5 Å². The zero-order chi connectivity index (χ0) is 25.5. The summed E-state index contributed by atoms with van der Waals surface area (Å²) in [6, 6.07) is 28.5. The fourth-order valence-electron chi connectivity index (χ4n) is 3.65. The number of carbonyl (C=O) groups is 2. The molecule has 4 aromatic carbocycles. The molecular formula is C28H22N2O6. The third kappa shape index (κ3) is 6.12. The van der Waals surface area contributed by atoms with Crippen molar-refractivity contribution in [1.82, 2.24) is 5.32 Å². The van der Waals surface area contributed by atoms with Gasteiger partial charge in [-0.3, -0.25) is 19.7 Å². The molecule has 0 spiro atoms. The summed E-state index contributed by atoms with van der Waals surface area (Å²) in [6.45, 7) is 0. The number of amides is 1. The van der Waals surface area contributed by atoms with Gasteiger partial charge in [0.05, 0.1) is 17.4 Å². The maximum absolute atomic E-state index is 12.9. The van der Waals surface area contributed by atoms with Crippen LogP contribution in [0.25, 0.3) is 11.1 Å². The zero-order valence-corrected chi connectivity index (χ0v) is 19.0. The lowest BCUT2D eigenvalue weighted by Crippen LogP contribution is -2.30. The number of nitrogens with one attached hydrogen (secondary N) is 1. The minimum Gasteiger partial charge on any atom is -0.481 e. The van der Waals surface area contributed by atoms with Crippen LogP contribution >= 0.6 is 0 Å². The number of carbonyl (C=O) groups excluding carboxylic acids is 1. The maximum Gasteiger partial charge on any atom is 0.305 e. The third-order valence-electron chi connectivity index (χ3n) is 5.50. The van der Waals surface area contributed by atoms with Crippen molar-refractivity contribution < 1.29 is 24.4 Å². The Morgan fingerprint density at radius 2 is 1.36 bits per heavy atom. The fourth-order valence-corrected chi connectivity index (χ4v) is 3.65. The van der Waals surface area contributed by atoms with E-state index in [0.717, 1.165) is 11.1 Å². The van der Waals surface area contributed by atoms with Crippen LogP contribution in [0.5, 0.6) is 11.5 Å². The quantitative estimate of drug-likeness (QED) is 0.223. The number of rotatable bonds is 9. The molecule has 8 heteroatoms. The standard InChI is InChI=1S/C28H22N2O6/c31-27(32)18-26(21-8-6-20(7-9-21)19-4-2-1-3-5-19)29-28(33)22-10-14-24(15-11-22)36-25-16-12-23(13-17-25)30(34)35/h1-17,26H,18H2,(H,29,33)(H,31,32). The Balaban J connectivity index is 1.44. The van der Waals surface area contributed by atoms with Gasteiger partial charge >= 0.3 is 5.97 Å². The number of hydrogen-bond acceptors (Lipinski definition) is 5. The van der Waals surface area contributed by atoms with Crippen LogP contribution in [0.15, 0.2) is 103 Å². The normalized spacial score (nSPS) is 11.3. The summed E-state index contributed by atoms with van der Waals surface area (Å²) in [6.07, 6.45) is -0.266. The van der Waals surface area contributed by atoms with Gasteiger partial charge in [0.1, 0.15) is 11.5 Å². The van der Waals surface area contributed by atoms with E-state index in [9.17, 15) is 24.8 Å². The van der Waals surface area contributed by atoms with Crippen molar-refractivity contribution in [3.63, 3.8) is 0 Å². The van der Waals surface area contributed by atoms with Gasteiger partial charge in [-0.2, -0.15) is 0 Å². The van der Waals surface area contributed by atoms with Crippen molar-refractivity contribution in [1.29, 1.82) is 0 Å². The molecule has 0 aromatic heterocycles. The van der Waals surface area contributed by atoms with E-state index in [1.54, 1.807) is 24.3 Å². The van der Waals surface area contributed by atoms with Gasteiger partial charge in [0.25, 0.3) is 11.6 Å². The molecule has 180 valence electrons. The second kappa shape index (κ2) is 11.0. The van der Waals surface area contributed by atoms with Gasteiger partial charge in [0.2, 0.25) is 0 Å². The van der Waals surface area contributed by atoms with E-state index in [2.05, 4.69) is 5.32 Å². The Morgan fingerprint density at radius 1 is 0.806 bits per heavy atom. The van der Waals surface area contributed by atoms with Crippen LogP contribution in [0.3, 0.4) is 0 Å². The van der Waals surface area contributed by atoms with Crippen molar-refractivity contribution in [3.8, 4) is 22.6 Å². The van der Waals surface area contributed by atoms with E-state index in [-0.39, 0.29) is 12.1 Å². The first-order valence-electron chi connectivity index (χ1n) is 11.1. The second-order valence-electron chi connectivity index (χ2n) is 7.99. The van der Waals surface area contributed by atoms with E-state index in [1.165, 1.54) is 24.3 Å². The molecule has 2 N–H and O–H groups in total. The molecule has 0 aliphatic rings. The largest absolute Gasteiger partial charge is 0.481 e. The fraction of sp³-hybridized carbons (Fsp3) is 0.0714. The minimum absolute atomic E-state index is 0.0417. The number of benzene rings is 4. The number of aliphatic carboxylic acids is 1. The Morgan fingerprint density at radius 3 is 1.92 bits per heavy atom. The highest BCUT2D eigenvalue weighted by atomic mass is 16.6. The molecule has 0 aliphatic heterocycles. The van der Waals surface area contributed by atoms with E-state index in [1.807, 2.05) is 54.6 Å². The topological polar surface area (TPSA) is 119 Å². The number of nitrogens with zero attached hydrogens (tertiary/aromatic N) is 1. The highest BCUT2D eigenvalue weighted by Gasteiger charge is 2.19.